The molecule has 3 N–H and O–H groups in total. The third-order valence-electron chi connectivity index (χ3n) is 2.50. The van der Waals surface area contributed by atoms with Crippen molar-refractivity contribution in [2.75, 3.05) is 0 Å². The number of benzene rings is 1. The summed E-state index contributed by atoms with van der Waals surface area (Å²) in [6.45, 7) is 1.54. The van der Waals surface area contributed by atoms with E-state index in [1.54, 1.807) is 13.0 Å². The number of rotatable bonds is 2. The number of carbonyl (C=O) groups is 1. The standard InChI is InChI=1S/C11H11FN2O3/c1-6(14(16)11(13)15)10-5-7-4-8(12)2-3-9(7)17-10/h2-6,16H,1H3,(H2,13,15). The van der Waals surface area contributed by atoms with Crippen molar-refractivity contribution in [3.8, 4) is 0 Å². The van der Waals surface area contributed by atoms with E-state index in [1.807, 2.05) is 0 Å². The number of furan rings is 1. The van der Waals surface area contributed by atoms with Gasteiger partial charge in [-0.05, 0) is 31.2 Å². The number of amides is 2. The Hall–Kier alpha value is -2.08. The van der Waals surface area contributed by atoms with Gasteiger partial charge in [-0.25, -0.2) is 9.18 Å². The molecule has 17 heavy (non-hydrogen) atoms. The molecule has 0 aliphatic rings. The van der Waals surface area contributed by atoms with E-state index >= 15 is 0 Å². The maximum atomic E-state index is 13.0. The molecule has 6 heteroatoms. The van der Waals surface area contributed by atoms with Crippen molar-refractivity contribution in [2.45, 2.75) is 13.0 Å². The van der Waals surface area contributed by atoms with Crippen LogP contribution in [0, 0.1) is 5.82 Å². The molecule has 1 aromatic carbocycles. The fraction of sp³-hybridized carbons (Fsp3) is 0.182. The van der Waals surface area contributed by atoms with Crippen molar-refractivity contribution in [2.24, 2.45) is 5.73 Å². The van der Waals surface area contributed by atoms with Crippen LogP contribution < -0.4 is 5.73 Å². The average Bonchev–Trinajstić information content (AvgIpc) is 2.69. The van der Waals surface area contributed by atoms with Gasteiger partial charge in [-0.2, -0.15) is 5.06 Å². The first-order valence-corrected chi connectivity index (χ1v) is 4.95. The number of hydrogen-bond acceptors (Lipinski definition) is 3. The second kappa shape index (κ2) is 4.06. The van der Waals surface area contributed by atoms with Gasteiger partial charge in [0.2, 0.25) is 0 Å². The smallest absolute Gasteiger partial charge is 0.339 e. The molecule has 0 bridgehead atoms. The highest BCUT2D eigenvalue weighted by Gasteiger charge is 2.20. The van der Waals surface area contributed by atoms with Gasteiger partial charge in [0.05, 0.1) is 0 Å². The summed E-state index contributed by atoms with van der Waals surface area (Å²) < 4.78 is 18.3. The largest absolute Gasteiger partial charge is 0.459 e. The van der Waals surface area contributed by atoms with E-state index < -0.39 is 12.1 Å². The summed E-state index contributed by atoms with van der Waals surface area (Å²) in [7, 11) is 0. The van der Waals surface area contributed by atoms with Crippen LogP contribution in [0.3, 0.4) is 0 Å². The molecule has 5 nitrogen and oxygen atoms in total. The van der Waals surface area contributed by atoms with Gasteiger partial charge >= 0.3 is 6.03 Å². The van der Waals surface area contributed by atoms with Gasteiger partial charge in [-0.3, -0.25) is 5.21 Å². The number of hydrogen-bond donors (Lipinski definition) is 2. The summed E-state index contributed by atoms with van der Waals surface area (Å²) >= 11 is 0. The molecule has 0 saturated carbocycles. The van der Waals surface area contributed by atoms with Gasteiger partial charge < -0.3 is 10.2 Å². The van der Waals surface area contributed by atoms with Crippen molar-refractivity contribution >= 4 is 17.0 Å². The Morgan fingerprint density at radius 2 is 2.24 bits per heavy atom. The number of fused-ring (bicyclic) bond motifs is 1. The summed E-state index contributed by atoms with van der Waals surface area (Å²) in [6.07, 6.45) is 0. The van der Waals surface area contributed by atoms with E-state index in [0.29, 0.717) is 21.8 Å². The van der Waals surface area contributed by atoms with Crippen LogP contribution in [0.25, 0.3) is 11.0 Å². The third-order valence-corrected chi connectivity index (χ3v) is 2.50. The van der Waals surface area contributed by atoms with Crippen molar-refractivity contribution in [1.82, 2.24) is 5.06 Å². The van der Waals surface area contributed by atoms with E-state index in [0.717, 1.165) is 0 Å². The van der Waals surface area contributed by atoms with Crippen molar-refractivity contribution in [3.05, 3.63) is 35.8 Å². The van der Waals surface area contributed by atoms with Crippen LogP contribution >= 0.6 is 0 Å². The Kier molecular flexibility index (Phi) is 2.72. The van der Waals surface area contributed by atoms with Crippen LogP contribution in [-0.2, 0) is 0 Å². The Balaban J connectivity index is 2.39. The molecule has 1 heterocycles. The number of urea groups is 1. The van der Waals surface area contributed by atoms with E-state index in [-0.39, 0.29) is 5.82 Å². The van der Waals surface area contributed by atoms with Crippen LogP contribution in [0.5, 0.6) is 0 Å². The molecule has 2 amide bonds. The summed E-state index contributed by atoms with van der Waals surface area (Å²) in [4.78, 5) is 10.8. The summed E-state index contributed by atoms with van der Waals surface area (Å²) in [5, 5.41) is 10.3. The molecule has 0 radical (unpaired) electrons. The van der Waals surface area contributed by atoms with Gasteiger partial charge in [-0.15, -0.1) is 0 Å². The molecule has 0 aliphatic heterocycles. The van der Waals surface area contributed by atoms with Crippen LogP contribution in [0.1, 0.15) is 18.7 Å². The third kappa shape index (κ3) is 2.07. The number of carbonyl (C=O) groups excluding carboxylic acids is 1. The van der Waals surface area contributed by atoms with Crippen LogP contribution in [0.15, 0.2) is 28.7 Å². The molecule has 0 fully saturated rings. The second-order valence-corrected chi connectivity index (χ2v) is 3.69. The first-order chi connectivity index (χ1) is 7.99. The Labute approximate surface area is 96.2 Å². The fourth-order valence-corrected chi connectivity index (χ4v) is 1.55. The monoisotopic (exact) mass is 238 g/mol. The molecule has 0 spiro atoms. The molecule has 2 rings (SSSR count). The predicted octanol–water partition coefficient (Wildman–Crippen LogP) is 2.40. The molecule has 1 unspecified atom stereocenters. The summed E-state index contributed by atoms with van der Waals surface area (Å²) in [5.41, 5.74) is 5.41. The number of nitrogens with two attached hydrogens (primary N) is 1. The van der Waals surface area contributed by atoms with Crippen molar-refractivity contribution in [3.63, 3.8) is 0 Å². The van der Waals surface area contributed by atoms with Crippen LogP contribution in [0.2, 0.25) is 0 Å². The molecule has 0 aliphatic carbocycles. The lowest BCUT2D eigenvalue weighted by Crippen LogP contribution is -2.34. The van der Waals surface area contributed by atoms with E-state index in [1.165, 1.54) is 18.2 Å². The van der Waals surface area contributed by atoms with Gasteiger partial charge in [0, 0.05) is 5.39 Å². The predicted molar refractivity (Wildman–Crippen MR) is 57.8 cm³/mol. The Bertz CT molecular complexity index is 567. The maximum Gasteiger partial charge on any atom is 0.339 e. The molecule has 2 aromatic rings. The molecular formula is C11H11FN2O3. The minimum atomic E-state index is -0.982. The second-order valence-electron chi connectivity index (χ2n) is 3.69. The molecular weight excluding hydrogens is 227 g/mol. The normalized spacial score (nSPS) is 12.6. The van der Waals surface area contributed by atoms with E-state index in [2.05, 4.69) is 0 Å². The number of halogens is 1. The van der Waals surface area contributed by atoms with E-state index in [9.17, 15) is 14.4 Å². The fourth-order valence-electron chi connectivity index (χ4n) is 1.55. The molecule has 1 aromatic heterocycles. The number of primary amides is 1. The number of hydroxylamine groups is 2. The maximum absolute atomic E-state index is 13.0. The highest BCUT2D eigenvalue weighted by molar-refractivity contribution is 5.78. The van der Waals surface area contributed by atoms with Gasteiger partial charge in [0.15, 0.2) is 0 Å². The number of nitrogens with zero attached hydrogens (tertiary/aromatic N) is 1. The topological polar surface area (TPSA) is 79.7 Å². The lowest BCUT2D eigenvalue weighted by Gasteiger charge is -2.17. The minimum absolute atomic E-state index is 0.326. The Morgan fingerprint density at radius 3 is 2.88 bits per heavy atom. The van der Waals surface area contributed by atoms with Gasteiger partial charge in [0.1, 0.15) is 23.2 Å². The zero-order valence-electron chi connectivity index (χ0n) is 9.05. The van der Waals surface area contributed by atoms with Crippen LogP contribution in [-0.4, -0.2) is 16.3 Å². The molecule has 0 saturated heterocycles. The highest BCUT2D eigenvalue weighted by atomic mass is 19.1. The zero-order chi connectivity index (χ0) is 12.6. The van der Waals surface area contributed by atoms with E-state index in [4.69, 9.17) is 10.2 Å². The quantitative estimate of drug-likeness (QED) is 0.622. The lowest BCUT2D eigenvalue weighted by atomic mass is 10.2. The van der Waals surface area contributed by atoms with Gasteiger partial charge in [-0.1, -0.05) is 0 Å². The first kappa shape index (κ1) is 11.4. The van der Waals surface area contributed by atoms with Gasteiger partial charge in [0.25, 0.3) is 0 Å². The Morgan fingerprint density at radius 1 is 1.53 bits per heavy atom. The average molecular weight is 238 g/mol. The summed E-state index contributed by atoms with van der Waals surface area (Å²) in [6, 6.07) is 3.89. The summed E-state index contributed by atoms with van der Waals surface area (Å²) in [5.74, 6) is -0.0554. The highest BCUT2D eigenvalue weighted by Crippen LogP contribution is 2.26. The molecule has 90 valence electrons. The lowest BCUT2D eigenvalue weighted by molar-refractivity contribution is -0.0758. The first-order valence-electron chi connectivity index (χ1n) is 4.95. The zero-order valence-corrected chi connectivity index (χ0v) is 9.05. The molecule has 1 atom stereocenters. The van der Waals surface area contributed by atoms with Crippen molar-refractivity contribution in [1.29, 1.82) is 0 Å². The minimum Gasteiger partial charge on any atom is -0.459 e. The van der Waals surface area contributed by atoms with Crippen molar-refractivity contribution < 1.29 is 18.8 Å². The van der Waals surface area contributed by atoms with Crippen LogP contribution in [0.4, 0.5) is 9.18 Å². The SMILES string of the molecule is CC(c1cc2cc(F)ccc2o1)N(O)C(N)=O.